The van der Waals surface area contributed by atoms with E-state index in [1.807, 2.05) is 72.1 Å². The lowest BCUT2D eigenvalue weighted by atomic mass is 9.98. The van der Waals surface area contributed by atoms with Crippen LogP contribution < -0.4 is 4.74 Å². The first-order chi connectivity index (χ1) is 17.0. The lowest BCUT2D eigenvalue weighted by Crippen LogP contribution is -2.60. The predicted molar refractivity (Wildman–Crippen MR) is 133 cm³/mol. The van der Waals surface area contributed by atoms with Gasteiger partial charge in [-0.05, 0) is 41.6 Å². The maximum atomic E-state index is 14.0. The summed E-state index contributed by atoms with van der Waals surface area (Å²) in [6.07, 6.45) is -0.193. The van der Waals surface area contributed by atoms with Crippen LogP contribution in [0.4, 0.5) is 0 Å². The minimum Gasteiger partial charge on any atom is -0.497 e. The Morgan fingerprint density at radius 1 is 0.886 bits per heavy atom. The Morgan fingerprint density at radius 2 is 1.57 bits per heavy atom. The topological polar surface area (TPSA) is 76.1 Å². The van der Waals surface area contributed by atoms with Gasteiger partial charge in [0.05, 0.1) is 20.1 Å². The summed E-state index contributed by atoms with van der Waals surface area (Å²) < 4.78 is 10.4. The molecule has 0 bridgehead atoms. The van der Waals surface area contributed by atoms with Gasteiger partial charge in [-0.25, -0.2) is 0 Å². The molecule has 182 valence electrons. The normalized spacial score (nSPS) is 18.0. The third-order valence-corrected chi connectivity index (χ3v) is 6.88. The fourth-order valence-corrected chi connectivity index (χ4v) is 5.09. The number of ether oxygens (including phenoxy) is 2. The lowest BCUT2D eigenvalue weighted by molar-refractivity contribution is -0.166. The van der Waals surface area contributed by atoms with Crippen LogP contribution in [0.25, 0.3) is 0 Å². The van der Waals surface area contributed by atoms with Gasteiger partial charge in [0, 0.05) is 18.0 Å². The van der Waals surface area contributed by atoms with E-state index in [1.54, 1.807) is 18.9 Å². The summed E-state index contributed by atoms with van der Waals surface area (Å²) in [5.41, 5.74) is 1.75. The molecule has 35 heavy (non-hydrogen) atoms. The van der Waals surface area contributed by atoms with Gasteiger partial charge < -0.3 is 19.3 Å². The number of esters is 1. The Balaban J connectivity index is 1.72. The van der Waals surface area contributed by atoms with Crippen LogP contribution in [0.15, 0.2) is 72.1 Å². The Kier molecular flexibility index (Phi) is 7.82. The Hall–Kier alpha value is -3.65. The van der Waals surface area contributed by atoms with Crippen molar-refractivity contribution in [2.75, 3.05) is 13.7 Å². The molecule has 2 amide bonds. The summed E-state index contributed by atoms with van der Waals surface area (Å²) in [6.45, 7) is 2.39. The van der Waals surface area contributed by atoms with Crippen molar-refractivity contribution >= 4 is 29.1 Å². The molecule has 1 aliphatic heterocycles. The SMILES string of the molecule is CCOC(=O)C[C@H]1C(=O)N(Cc2ccc(OC)cc2)[C@H](c2cccs2)C(=O)N1Cc1ccccc1. The molecule has 3 aromatic rings. The monoisotopic (exact) mass is 492 g/mol. The van der Waals surface area contributed by atoms with Crippen molar-refractivity contribution in [3.63, 3.8) is 0 Å². The zero-order valence-electron chi connectivity index (χ0n) is 19.8. The third kappa shape index (κ3) is 5.54. The number of nitrogens with zero attached hydrogens (tertiary/aromatic N) is 2. The second-order valence-corrected chi connectivity index (χ2v) is 9.19. The molecule has 1 saturated heterocycles. The van der Waals surface area contributed by atoms with Crippen LogP contribution in [0.5, 0.6) is 5.75 Å². The molecule has 8 heteroatoms. The van der Waals surface area contributed by atoms with Crippen molar-refractivity contribution in [2.24, 2.45) is 0 Å². The minimum atomic E-state index is -0.948. The molecule has 1 aliphatic rings. The number of hydrogen-bond acceptors (Lipinski definition) is 6. The first-order valence-electron chi connectivity index (χ1n) is 11.5. The van der Waals surface area contributed by atoms with Crippen molar-refractivity contribution in [3.8, 4) is 5.75 Å². The van der Waals surface area contributed by atoms with Crippen LogP contribution in [0.2, 0.25) is 0 Å². The molecule has 0 saturated carbocycles. The number of carbonyl (C=O) groups excluding carboxylic acids is 3. The van der Waals surface area contributed by atoms with E-state index in [-0.39, 0.29) is 37.9 Å². The van der Waals surface area contributed by atoms with Crippen molar-refractivity contribution < 1.29 is 23.9 Å². The summed E-state index contributed by atoms with van der Waals surface area (Å²) in [5.74, 6) is -0.281. The molecule has 4 rings (SSSR count). The quantitative estimate of drug-likeness (QED) is 0.419. The molecule has 0 unspecified atom stereocenters. The van der Waals surface area contributed by atoms with Crippen LogP contribution in [0.1, 0.15) is 35.4 Å². The zero-order chi connectivity index (χ0) is 24.8. The fraction of sp³-hybridized carbons (Fsp3) is 0.296. The maximum Gasteiger partial charge on any atom is 0.308 e. The number of thiophene rings is 1. The fourth-order valence-electron chi connectivity index (χ4n) is 4.26. The molecule has 7 nitrogen and oxygen atoms in total. The van der Waals surface area contributed by atoms with Crippen LogP contribution in [-0.4, -0.2) is 47.3 Å². The number of carbonyl (C=O) groups is 3. The van der Waals surface area contributed by atoms with Crippen LogP contribution >= 0.6 is 11.3 Å². The standard InChI is InChI=1S/C27H28N2O5S/c1-3-34-24(30)16-22-26(31)29(18-20-11-13-21(33-2)14-12-20)25(23-10-7-15-35-23)27(32)28(22)17-19-8-5-4-6-9-19/h4-15,22,25H,3,16-18H2,1-2H3/t22-,25+/m0/s1. The van der Waals surface area contributed by atoms with E-state index in [1.165, 1.54) is 16.2 Å². The van der Waals surface area contributed by atoms with Gasteiger partial charge >= 0.3 is 5.97 Å². The van der Waals surface area contributed by atoms with Gasteiger partial charge in [-0.3, -0.25) is 14.4 Å². The highest BCUT2D eigenvalue weighted by Gasteiger charge is 2.47. The molecule has 2 aromatic carbocycles. The van der Waals surface area contributed by atoms with E-state index < -0.39 is 18.1 Å². The first kappa shape index (κ1) is 24.5. The molecule has 1 aromatic heterocycles. The highest BCUT2D eigenvalue weighted by molar-refractivity contribution is 7.10. The van der Waals surface area contributed by atoms with Crippen molar-refractivity contribution in [2.45, 2.75) is 38.5 Å². The number of benzene rings is 2. The molecule has 2 atom stereocenters. The van der Waals surface area contributed by atoms with E-state index >= 15 is 0 Å². The summed E-state index contributed by atoms with van der Waals surface area (Å²) in [5, 5.41) is 1.89. The van der Waals surface area contributed by atoms with E-state index in [2.05, 4.69) is 0 Å². The van der Waals surface area contributed by atoms with Gasteiger partial charge in [0.15, 0.2) is 0 Å². The second kappa shape index (κ2) is 11.2. The van der Waals surface area contributed by atoms with Gasteiger partial charge in [-0.15, -0.1) is 11.3 Å². The molecule has 1 fully saturated rings. The highest BCUT2D eigenvalue weighted by atomic mass is 32.1. The van der Waals surface area contributed by atoms with Gasteiger partial charge in [-0.2, -0.15) is 0 Å². The largest absolute Gasteiger partial charge is 0.497 e. The Morgan fingerprint density at radius 3 is 2.20 bits per heavy atom. The minimum absolute atomic E-state index is 0.193. The van der Waals surface area contributed by atoms with Crippen molar-refractivity contribution in [3.05, 3.63) is 88.1 Å². The Bertz CT molecular complexity index is 1150. The second-order valence-electron chi connectivity index (χ2n) is 8.21. The molecule has 0 spiro atoms. The summed E-state index contributed by atoms with van der Waals surface area (Å²) in [4.78, 5) is 44.3. The summed E-state index contributed by atoms with van der Waals surface area (Å²) in [7, 11) is 1.59. The van der Waals surface area contributed by atoms with E-state index in [9.17, 15) is 14.4 Å². The smallest absolute Gasteiger partial charge is 0.308 e. The highest BCUT2D eigenvalue weighted by Crippen LogP contribution is 2.36. The molecular weight excluding hydrogens is 464 g/mol. The van der Waals surface area contributed by atoms with Gasteiger partial charge in [-0.1, -0.05) is 48.5 Å². The number of hydrogen-bond donors (Lipinski definition) is 0. The van der Waals surface area contributed by atoms with Gasteiger partial charge in [0.25, 0.3) is 5.91 Å². The average molecular weight is 493 g/mol. The molecule has 2 heterocycles. The first-order valence-corrected chi connectivity index (χ1v) is 12.4. The lowest BCUT2D eigenvalue weighted by Gasteiger charge is -2.44. The number of rotatable bonds is 9. The van der Waals surface area contributed by atoms with Crippen LogP contribution in [-0.2, 0) is 32.2 Å². The number of piperazine rings is 1. The summed E-state index contributed by atoms with van der Waals surface area (Å²) in [6, 6.07) is 18.9. The molecule has 0 radical (unpaired) electrons. The van der Waals surface area contributed by atoms with E-state index in [0.717, 1.165) is 16.0 Å². The Labute approximate surface area is 208 Å². The zero-order valence-corrected chi connectivity index (χ0v) is 20.6. The summed E-state index contributed by atoms with van der Waals surface area (Å²) >= 11 is 1.43. The van der Waals surface area contributed by atoms with Crippen molar-refractivity contribution in [1.82, 2.24) is 9.80 Å². The van der Waals surface area contributed by atoms with Gasteiger partial charge in [0.2, 0.25) is 5.91 Å². The van der Waals surface area contributed by atoms with E-state index in [0.29, 0.717) is 5.75 Å². The number of methoxy groups -OCH3 is 1. The van der Waals surface area contributed by atoms with Crippen molar-refractivity contribution in [1.29, 1.82) is 0 Å². The predicted octanol–water partition coefficient (Wildman–Crippen LogP) is 4.19. The third-order valence-electron chi connectivity index (χ3n) is 5.96. The van der Waals surface area contributed by atoms with Crippen LogP contribution in [0.3, 0.4) is 0 Å². The average Bonchev–Trinajstić information content (AvgIpc) is 3.40. The molecule has 0 N–H and O–H groups in total. The maximum absolute atomic E-state index is 14.0. The molecular formula is C27H28N2O5S. The van der Waals surface area contributed by atoms with E-state index in [4.69, 9.17) is 9.47 Å². The van der Waals surface area contributed by atoms with Gasteiger partial charge in [0.1, 0.15) is 17.8 Å². The number of amides is 2. The van der Waals surface area contributed by atoms with Crippen LogP contribution in [0, 0.1) is 0 Å². The molecule has 0 aliphatic carbocycles.